The van der Waals surface area contributed by atoms with Crippen LogP contribution in [0.4, 0.5) is 0 Å². The lowest BCUT2D eigenvalue weighted by atomic mass is 10.0. The van der Waals surface area contributed by atoms with Gasteiger partial charge >= 0.3 is 0 Å². The van der Waals surface area contributed by atoms with Crippen molar-refractivity contribution >= 4 is 28.7 Å². The van der Waals surface area contributed by atoms with Crippen molar-refractivity contribution in [1.29, 1.82) is 0 Å². The van der Waals surface area contributed by atoms with Crippen LogP contribution in [0.2, 0.25) is 0 Å². The summed E-state index contributed by atoms with van der Waals surface area (Å²) in [4.78, 5) is 16.1. The van der Waals surface area contributed by atoms with Gasteiger partial charge in [-0.25, -0.2) is 4.99 Å². The lowest BCUT2D eigenvalue weighted by molar-refractivity contribution is -0.118. The fourth-order valence-electron chi connectivity index (χ4n) is 0.850. The molecular weight excluding hydrogens is 194 g/mol. The molecule has 0 spiro atoms. The van der Waals surface area contributed by atoms with Crippen molar-refractivity contribution in [2.75, 3.05) is 0 Å². The molecule has 0 aromatic heterocycles. The molecule has 0 aliphatic carbocycles. The number of hydrogen-bond donors (Lipinski definition) is 0. The zero-order valence-corrected chi connectivity index (χ0v) is 10.4. The first-order valence-corrected chi connectivity index (χ1v) is 5.40. The Balaban J connectivity index is 4.51. The molecule has 2 unspecified atom stereocenters. The van der Waals surface area contributed by atoms with E-state index in [2.05, 4.69) is 18.8 Å². The fraction of sp³-hybridized carbons (Fsp3) is 0.727. The molecule has 14 heavy (non-hydrogen) atoms. The molecule has 0 fully saturated rings. The average molecular weight is 213 g/mol. The smallest absolute Gasteiger partial charge is 0.138 e. The number of nitrogens with zero attached hydrogens (tertiary/aromatic N) is 1. The molecule has 80 valence electrons. The molecule has 2 atom stereocenters. The molecule has 0 aromatic rings. The minimum absolute atomic E-state index is 0.114. The van der Waals surface area contributed by atoms with E-state index in [1.54, 1.807) is 6.92 Å². The largest absolute Gasteiger partial charge is 0.299 e. The van der Waals surface area contributed by atoms with Crippen LogP contribution in [0.25, 0.3) is 0 Å². The summed E-state index contributed by atoms with van der Waals surface area (Å²) in [6, 6.07) is 0. The van der Waals surface area contributed by atoms with Crippen LogP contribution in [0.5, 0.6) is 0 Å². The van der Waals surface area contributed by atoms with Gasteiger partial charge < -0.3 is 0 Å². The topological polar surface area (TPSA) is 29.4 Å². The van der Waals surface area contributed by atoms with Gasteiger partial charge in [-0.05, 0) is 20.3 Å². The van der Waals surface area contributed by atoms with Crippen molar-refractivity contribution in [3.63, 3.8) is 0 Å². The van der Waals surface area contributed by atoms with E-state index in [9.17, 15) is 4.79 Å². The Labute approximate surface area is 91.8 Å². The molecule has 0 aliphatic heterocycles. The molecular formula is C11H19NOS. The summed E-state index contributed by atoms with van der Waals surface area (Å²) in [6.45, 7) is 9.44. The van der Waals surface area contributed by atoms with Crippen LogP contribution < -0.4 is 0 Å². The molecule has 0 aromatic carbocycles. The lowest BCUT2D eigenvalue weighted by Gasteiger charge is -2.10. The normalized spacial score (nSPS) is 16.2. The van der Waals surface area contributed by atoms with E-state index in [0.29, 0.717) is 10.9 Å². The quantitative estimate of drug-likeness (QED) is 0.530. The van der Waals surface area contributed by atoms with Gasteiger partial charge in [-0.1, -0.05) is 33.0 Å². The van der Waals surface area contributed by atoms with Crippen molar-refractivity contribution in [2.24, 2.45) is 16.8 Å². The highest BCUT2D eigenvalue weighted by atomic mass is 32.1. The van der Waals surface area contributed by atoms with E-state index >= 15 is 0 Å². The van der Waals surface area contributed by atoms with E-state index in [1.165, 1.54) is 0 Å². The Kier molecular flexibility index (Phi) is 5.77. The van der Waals surface area contributed by atoms with Crippen LogP contribution in [-0.2, 0) is 4.79 Å². The monoisotopic (exact) mass is 213 g/mol. The van der Waals surface area contributed by atoms with E-state index in [-0.39, 0.29) is 11.7 Å². The molecule has 0 heterocycles. The summed E-state index contributed by atoms with van der Waals surface area (Å²) in [6.07, 6.45) is 0.990. The minimum atomic E-state index is -0.114. The van der Waals surface area contributed by atoms with Gasteiger partial charge in [0.15, 0.2) is 0 Å². The Bertz CT molecular complexity index is 258. The van der Waals surface area contributed by atoms with Gasteiger partial charge in [-0.2, -0.15) is 0 Å². The van der Waals surface area contributed by atoms with Crippen molar-refractivity contribution in [1.82, 2.24) is 0 Å². The number of hydrogen-bond acceptors (Lipinski definition) is 2. The van der Waals surface area contributed by atoms with Gasteiger partial charge in [0.25, 0.3) is 0 Å². The van der Waals surface area contributed by atoms with Gasteiger partial charge in [0, 0.05) is 11.6 Å². The highest BCUT2D eigenvalue weighted by Gasteiger charge is 2.12. The Morgan fingerprint density at radius 3 is 2.21 bits per heavy atom. The Morgan fingerprint density at radius 1 is 1.36 bits per heavy atom. The van der Waals surface area contributed by atoms with E-state index < -0.39 is 0 Å². The molecule has 0 saturated heterocycles. The van der Waals surface area contributed by atoms with Crippen LogP contribution >= 0.6 is 12.2 Å². The molecule has 0 rings (SSSR count). The maximum Gasteiger partial charge on any atom is 0.138 e. The molecule has 0 saturated carbocycles. The van der Waals surface area contributed by atoms with E-state index in [4.69, 9.17) is 12.2 Å². The summed E-state index contributed by atoms with van der Waals surface area (Å²) in [5.41, 5.74) is 0.822. The van der Waals surface area contributed by atoms with Crippen LogP contribution in [0.15, 0.2) is 4.99 Å². The molecule has 0 bridgehead atoms. The van der Waals surface area contributed by atoms with Crippen molar-refractivity contribution in [3.8, 4) is 0 Å². The summed E-state index contributed by atoms with van der Waals surface area (Å²) < 4.78 is 0. The average Bonchev–Trinajstić information content (AvgIpc) is 2.14. The van der Waals surface area contributed by atoms with Gasteiger partial charge in [0.05, 0.1) is 5.92 Å². The Hall–Kier alpha value is -0.570. The van der Waals surface area contributed by atoms with Crippen LogP contribution in [0, 0.1) is 11.8 Å². The third kappa shape index (κ3) is 4.09. The first-order chi connectivity index (χ1) is 6.40. The summed E-state index contributed by atoms with van der Waals surface area (Å²) in [5, 5.41) is 0. The van der Waals surface area contributed by atoms with Crippen LogP contribution in [0.3, 0.4) is 0 Å². The fourth-order valence-corrected chi connectivity index (χ4v) is 1.16. The summed E-state index contributed by atoms with van der Waals surface area (Å²) >= 11 is 5.16. The van der Waals surface area contributed by atoms with Crippen LogP contribution in [-0.4, -0.2) is 16.5 Å². The molecule has 2 nitrogen and oxygen atoms in total. The maximum atomic E-state index is 11.1. The number of rotatable bonds is 4. The SMILES string of the molecule is CCC(C)C(=S)N=C(C)C(C)C(C)=O. The van der Waals surface area contributed by atoms with Gasteiger partial charge in [-0.3, -0.25) is 4.79 Å². The standard InChI is InChI=1S/C11H19NOS/c1-6-7(2)11(14)12-9(4)8(3)10(5)13/h7-8H,6H2,1-5H3. The molecule has 0 N–H and O–H groups in total. The van der Waals surface area contributed by atoms with Gasteiger partial charge in [0.1, 0.15) is 10.8 Å². The number of aliphatic imine (C=N–C) groups is 1. The first kappa shape index (κ1) is 13.4. The maximum absolute atomic E-state index is 11.1. The molecule has 0 aliphatic rings. The van der Waals surface area contributed by atoms with Crippen molar-refractivity contribution in [3.05, 3.63) is 0 Å². The lowest BCUT2D eigenvalue weighted by Crippen LogP contribution is -2.18. The predicted octanol–water partition coefficient (Wildman–Crippen LogP) is 3.05. The zero-order valence-electron chi connectivity index (χ0n) is 9.63. The second-order valence-electron chi connectivity index (χ2n) is 3.73. The second kappa shape index (κ2) is 6.02. The number of thiocarbonyl (C=S) groups is 1. The van der Waals surface area contributed by atoms with Crippen molar-refractivity contribution < 1.29 is 4.79 Å². The van der Waals surface area contributed by atoms with Gasteiger partial charge in [-0.15, -0.1) is 0 Å². The Morgan fingerprint density at radius 2 is 1.86 bits per heavy atom. The number of Topliss-reactive ketones (excluding diaryl/α,β-unsaturated/α-hetero) is 1. The third-order valence-corrected chi connectivity index (χ3v) is 3.05. The second-order valence-corrected chi connectivity index (χ2v) is 4.15. The number of carbonyl (C=O) groups is 1. The number of carbonyl (C=O) groups excluding carboxylic acids is 1. The molecule has 0 radical (unpaired) electrons. The predicted molar refractivity (Wildman–Crippen MR) is 65.0 cm³/mol. The number of ketones is 1. The molecule has 0 amide bonds. The first-order valence-electron chi connectivity index (χ1n) is 4.99. The zero-order chi connectivity index (χ0) is 11.3. The van der Waals surface area contributed by atoms with Crippen molar-refractivity contribution in [2.45, 2.75) is 41.0 Å². The summed E-state index contributed by atoms with van der Waals surface area (Å²) in [5.74, 6) is 0.342. The highest BCUT2D eigenvalue weighted by Crippen LogP contribution is 2.08. The van der Waals surface area contributed by atoms with E-state index in [1.807, 2.05) is 13.8 Å². The summed E-state index contributed by atoms with van der Waals surface area (Å²) in [7, 11) is 0. The third-order valence-electron chi connectivity index (χ3n) is 2.56. The molecule has 3 heteroatoms. The highest BCUT2D eigenvalue weighted by molar-refractivity contribution is 7.80. The van der Waals surface area contributed by atoms with E-state index in [0.717, 1.165) is 12.1 Å². The minimum Gasteiger partial charge on any atom is -0.299 e. The van der Waals surface area contributed by atoms with Crippen LogP contribution in [0.1, 0.15) is 41.0 Å². The van der Waals surface area contributed by atoms with Gasteiger partial charge in [0.2, 0.25) is 0 Å².